The smallest absolute Gasteiger partial charge is 0.139 e. The summed E-state index contributed by atoms with van der Waals surface area (Å²) >= 11 is 2.32. The molecule has 0 saturated carbocycles. The maximum atomic E-state index is 11.1. The van der Waals surface area contributed by atoms with Crippen LogP contribution >= 0.6 is 22.6 Å². The topological polar surface area (TPSA) is 17.1 Å². The van der Waals surface area contributed by atoms with E-state index < -0.39 is 0 Å². The third kappa shape index (κ3) is 3.36. The summed E-state index contributed by atoms with van der Waals surface area (Å²) in [5.41, 5.74) is -0.287. The molecule has 0 rings (SSSR count). The minimum absolute atomic E-state index is 0.220. The minimum atomic E-state index is -0.287. The third-order valence-corrected chi connectivity index (χ3v) is 2.85. The summed E-state index contributed by atoms with van der Waals surface area (Å²) in [6.07, 6.45) is 3.78. The molecule has 64 valence electrons. The van der Waals surface area contributed by atoms with Crippen molar-refractivity contribution in [2.75, 3.05) is 4.43 Å². The van der Waals surface area contributed by atoms with Gasteiger partial charge in [-0.3, -0.25) is 4.79 Å². The van der Waals surface area contributed by atoms with E-state index in [-0.39, 0.29) is 11.2 Å². The normalized spacial score (nSPS) is 15.5. The minimum Gasteiger partial charge on any atom is -0.299 e. The number of hydrogen-bond acceptors (Lipinski definition) is 1. The van der Waals surface area contributed by atoms with Crippen LogP contribution in [0.25, 0.3) is 0 Å². The van der Waals surface area contributed by atoms with E-state index in [1.807, 2.05) is 6.92 Å². The molecule has 0 bridgehead atoms. The molecule has 0 heterocycles. The second-order valence-electron chi connectivity index (χ2n) is 2.97. The molecule has 1 unspecified atom stereocenters. The maximum absolute atomic E-state index is 11.1. The van der Waals surface area contributed by atoms with Crippen LogP contribution in [-0.2, 0) is 4.79 Å². The van der Waals surface area contributed by atoms with Crippen LogP contribution in [0.3, 0.4) is 0 Å². The first-order chi connectivity index (χ1) is 5.06. The number of allylic oxidation sites excluding steroid dienone is 1. The first-order valence-corrected chi connectivity index (χ1v) is 5.30. The molecule has 0 fully saturated rings. The standard InChI is InChI=1S/C9H15IO/c1-4-9(3,8(2)11)6-5-7-10/h4H,1,5-7H2,2-3H3. The zero-order valence-corrected chi connectivity index (χ0v) is 9.35. The summed E-state index contributed by atoms with van der Waals surface area (Å²) in [6, 6.07) is 0. The summed E-state index contributed by atoms with van der Waals surface area (Å²) in [5.74, 6) is 0.220. The highest BCUT2D eigenvalue weighted by molar-refractivity contribution is 14.1. The molecule has 0 aromatic heterocycles. The second kappa shape index (κ2) is 4.91. The largest absolute Gasteiger partial charge is 0.299 e. The lowest BCUT2D eigenvalue weighted by molar-refractivity contribution is -0.123. The van der Waals surface area contributed by atoms with E-state index in [4.69, 9.17) is 0 Å². The zero-order chi connectivity index (χ0) is 8.91. The van der Waals surface area contributed by atoms with E-state index in [1.54, 1.807) is 13.0 Å². The van der Waals surface area contributed by atoms with Gasteiger partial charge in [0.2, 0.25) is 0 Å². The molecule has 2 heteroatoms. The van der Waals surface area contributed by atoms with Crippen molar-refractivity contribution in [1.82, 2.24) is 0 Å². The van der Waals surface area contributed by atoms with Gasteiger partial charge in [-0.2, -0.15) is 0 Å². The molecular formula is C9H15IO. The molecule has 0 aliphatic carbocycles. The molecule has 0 radical (unpaired) electrons. The van der Waals surface area contributed by atoms with Crippen molar-refractivity contribution in [2.24, 2.45) is 5.41 Å². The molecule has 0 aromatic rings. The fourth-order valence-corrected chi connectivity index (χ4v) is 1.24. The molecule has 0 N–H and O–H groups in total. The van der Waals surface area contributed by atoms with Gasteiger partial charge in [-0.05, 0) is 31.1 Å². The Hall–Kier alpha value is 0.140. The van der Waals surface area contributed by atoms with E-state index in [2.05, 4.69) is 29.2 Å². The third-order valence-electron chi connectivity index (χ3n) is 2.08. The van der Waals surface area contributed by atoms with Crippen molar-refractivity contribution in [3.63, 3.8) is 0 Å². The van der Waals surface area contributed by atoms with Crippen molar-refractivity contribution in [3.8, 4) is 0 Å². The van der Waals surface area contributed by atoms with Crippen molar-refractivity contribution in [2.45, 2.75) is 26.7 Å². The van der Waals surface area contributed by atoms with Crippen LogP contribution in [0, 0.1) is 5.41 Å². The van der Waals surface area contributed by atoms with Gasteiger partial charge in [-0.15, -0.1) is 6.58 Å². The van der Waals surface area contributed by atoms with Crippen LogP contribution in [0.15, 0.2) is 12.7 Å². The number of alkyl halides is 1. The van der Waals surface area contributed by atoms with E-state index in [9.17, 15) is 4.79 Å². The summed E-state index contributed by atoms with van der Waals surface area (Å²) in [6.45, 7) is 7.27. The van der Waals surface area contributed by atoms with Crippen LogP contribution in [0.1, 0.15) is 26.7 Å². The highest BCUT2D eigenvalue weighted by atomic mass is 127. The maximum Gasteiger partial charge on any atom is 0.139 e. The van der Waals surface area contributed by atoms with Gasteiger partial charge in [0.1, 0.15) is 5.78 Å². The quantitative estimate of drug-likeness (QED) is 0.424. The predicted molar refractivity (Wildman–Crippen MR) is 57.1 cm³/mol. The van der Waals surface area contributed by atoms with Gasteiger partial charge in [-0.25, -0.2) is 0 Å². The van der Waals surface area contributed by atoms with E-state index in [0.29, 0.717) is 0 Å². The monoisotopic (exact) mass is 266 g/mol. The van der Waals surface area contributed by atoms with Gasteiger partial charge in [-0.1, -0.05) is 28.7 Å². The predicted octanol–water partition coefficient (Wildman–Crippen LogP) is 2.98. The number of Topliss-reactive ketones (excluding diaryl/α,β-unsaturated/α-hetero) is 1. The first kappa shape index (κ1) is 11.1. The second-order valence-corrected chi connectivity index (χ2v) is 4.05. The van der Waals surface area contributed by atoms with Gasteiger partial charge < -0.3 is 0 Å². The highest BCUT2D eigenvalue weighted by Gasteiger charge is 2.24. The fourth-order valence-electron chi connectivity index (χ4n) is 0.856. The number of hydrogen-bond donors (Lipinski definition) is 0. The molecule has 0 spiro atoms. The molecule has 0 saturated heterocycles. The molecule has 1 nitrogen and oxygen atoms in total. The average Bonchev–Trinajstić information content (AvgIpc) is 2.00. The van der Waals surface area contributed by atoms with Gasteiger partial charge in [0.15, 0.2) is 0 Å². The van der Waals surface area contributed by atoms with Gasteiger partial charge in [0, 0.05) is 5.41 Å². The average molecular weight is 266 g/mol. The summed E-state index contributed by atoms with van der Waals surface area (Å²) < 4.78 is 1.11. The summed E-state index contributed by atoms with van der Waals surface area (Å²) in [5, 5.41) is 0. The number of ketones is 1. The number of carbonyl (C=O) groups excluding carboxylic acids is 1. The van der Waals surface area contributed by atoms with E-state index >= 15 is 0 Å². The number of halogens is 1. The van der Waals surface area contributed by atoms with Crippen LogP contribution in [0.5, 0.6) is 0 Å². The lowest BCUT2D eigenvalue weighted by Crippen LogP contribution is -2.22. The van der Waals surface area contributed by atoms with Gasteiger partial charge >= 0.3 is 0 Å². The van der Waals surface area contributed by atoms with Crippen molar-refractivity contribution in [1.29, 1.82) is 0 Å². The summed E-state index contributed by atoms with van der Waals surface area (Å²) in [4.78, 5) is 11.1. The van der Waals surface area contributed by atoms with Crippen LogP contribution in [0.2, 0.25) is 0 Å². The molecule has 0 amide bonds. The Bertz CT molecular complexity index is 154. The molecule has 1 atom stereocenters. The lowest BCUT2D eigenvalue weighted by Gasteiger charge is -2.21. The van der Waals surface area contributed by atoms with E-state index in [1.165, 1.54) is 0 Å². The van der Waals surface area contributed by atoms with Crippen LogP contribution < -0.4 is 0 Å². The van der Waals surface area contributed by atoms with Gasteiger partial charge in [0.25, 0.3) is 0 Å². The Morgan fingerprint density at radius 3 is 2.55 bits per heavy atom. The number of carbonyl (C=O) groups is 1. The fraction of sp³-hybridized carbons (Fsp3) is 0.667. The lowest BCUT2D eigenvalue weighted by atomic mass is 9.82. The van der Waals surface area contributed by atoms with Crippen LogP contribution in [-0.4, -0.2) is 10.2 Å². The van der Waals surface area contributed by atoms with Crippen molar-refractivity contribution < 1.29 is 4.79 Å². The Morgan fingerprint density at radius 1 is 1.73 bits per heavy atom. The molecular weight excluding hydrogens is 251 g/mol. The Morgan fingerprint density at radius 2 is 2.27 bits per heavy atom. The molecule has 0 aliphatic rings. The zero-order valence-electron chi connectivity index (χ0n) is 7.19. The van der Waals surface area contributed by atoms with Gasteiger partial charge in [0.05, 0.1) is 0 Å². The number of rotatable bonds is 5. The SMILES string of the molecule is C=CC(C)(CCCI)C(C)=O. The molecule has 0 aromatic carbocycles. The van der Waals surface area contributed by atoms with Crippen molar-refractivity contribution in [3.05, 3.63) is 12.7 Å². The Labute approximate surface area is 82.4 Å². The Balaban J connectivity index is 4.10. The highest BCUT2D eigenvalue weighted by Crippen LogP contribution is 2.25. The summed E-state index contributed by atoms with van der Waals surface area (Å²) in [7, 11) is 0. The van der Waals surface area contributed by atoms with Crippen molar-refractivity contribution >= 4 is 28.4 Å². The Kier molecular flexibility index (Phi) is 4.97. The molecule has 11 heavy (non-hydrogen) atoms. The first-order valence-electron chi connectivity index (χ1n) is 3.77. The molecule has 0 aliphatic heterocycles. The van der Waals surface area contributed by atoms with Crippen LogP contribution in [0.4, 0.5) is 0 Å². The van der Waals surface area contributed by atoms with E-state index in [0.717, 1.165) is 17.3 Å².